The van der Waals surface area contributed by atoms with Crippen LogP contribution in [0.3, 0.4) is 0 Å². The fourth-order valence-corrected chi connectivity index (χ4v) is 4.99. The average Bonchev–Trinajstić information content (AvgIpc) is 3.13. The molecule has 3 rings (SSSR count). The lowest BCUT2D eigenvalue weighted by molar-refractivity contribution is -0.146. The highest BCUT2D eigenvalue weighted by atomic mass is 32.2. The summed E-state index contributed by atoms with van der Waals surface area (Å²) in [6.07, 6.45) is -0.408. The largest absolute Gasteiger partial charge is 0.481 e. The van der Waals surface area contributed by atoms with Crippen LogP contribution in [-0.4, -0.2) is 75.3 Å². The van der Waals surface area contributed by atoms with Crippen molar-refractivity contribution >= 4 is 57.7 Å². The molecule has 0 aromatic carbocycles. The molecule has 0 radical (unpaired) electrons. The number of fused-ring (bicyclic) bond motifs is 1. The number of carboxylic acid groups (broad SMARTS) is 1. The molecule has 0 unspecified atom stereocenters. The maximum absolute atomic E-state index is 12.8. The minimum atomic E-state index is -1.13. The maximum Gasteiger partial charge on any atom is 0.309 e. The molecule has 2 amide bonds. The van der Waals surface area contributed by atoms with Crippen LogP contribution in [0.2, 0.25) is 0 Å². The summed E-state index contributed by atoms with van der Waals surface area (Å²) >= 11 is 2.45. The van der Waals surface area contributed by atoms with Gasteiger partial charge in [-0.25, -0.2) is 4.98 Å². The van der Waals surface area contributed by atoms with Crippen molar-refractivity contribution < 1.29 is 33.9 Å². The number of nitrogen functional groups attached to an aromatic ring is 1. The van der Waals surface area contributed by atoms with E-state index in [2.05, 4.69) is 15.5 Å². The molecular weight excluding hydrogens is 450 g/mol. The average molecular weight is 470 g/mol. The molecule has 14 heteroatoms. The molecule has 0 bridgehead atoms. The van der Waals surface area contributed by atoms with Crippen molar-refractivity contribution in [2.75, 3.05) is 25.2 Å². The van der Waals surface area contributed by atoms with Crippen LogP contribution in [0.25, 0.3) is 0 Å². The predicted octanol–water partition coefficient (Wildman–Crippen LogP) is -0.232. The monoisotopic (exact) mass is 469 g/mol. The molecule has 1 saturated heterocycles. The Morgan fingerprint density at radius 3 is 2.77 bits per heavy atom. The van der Waals surface area contributed by atoms with Gasteiger partial charge in [0.1, 0.15) is 30.8 Å². The number of aliphatic carboxylic acids is 1. The van der Waals surface area contributed by atoms with Crippen molar-refractivity contribution in [2.24, 2.45) is 5.16 Å². The lowest BCUT2D eigenvalue weighted by Crippen LogP contribution is -2.70. The molecule has 3 heterocycles. The van der Waals surface area contributed by atoms with E-state index in [0.29, 0.717) is 11.3 Å². The Kier molecular flexibility index (Phi) is 6.80. The number of β-lactam (4-membered cyclic amide) rings is 1. The van der Waals surface area contributed by atoms with Crippen molar-refractivity contribution in [1.29, 1.82) is 0 Å². The van der Waals surface area contributed by atoms with E-state index >= 15 is 0 Å². The first-order valence-corrected chi connectivity index (χ1v) is 10.8. The van der Waals surface area contributed by atoms with E-state index in [0.717, 1.165) is 11.3 Å². The van der Waals surface area contributed by atoms with Crippen LogP contribution in [-0.2, 0) is 28.8 Å². The number of aromatic nitrogens is 1. The van der Waals surface area contributed by atoms with Gasteiger partial charge in [-0.3, -0.25) is 24.1 Å². The number of carboxylic acids is 1. The second kappa shape index (κ2) is 9.34. The van der Waals surface area contributed by atoms with Crippen LogP contribution in [0, 0.1) is 0 Å². The zero-order valence-corrected chi connectivity index (χ0v) is 18.1. The molecule has 2 aliphatic rings. The lowest BCUT2D eigenvalue weighted by atomic mass is 10.0. The van der Waals surface area contributed by atoms with Crippen LogP contribution in [0.1, 0.15) is 19.0 Å². The Balaban J connectivity index is 1.77. The molecule has 1 aromatic heterocycles. The van der Waals surface area contributed by atoms with Crippen molar-refractivity contribution in [1.82, 2.24) is 15.2 Å². The third-order valence-electron chi connectivity index (χ3n) is 4.39. The minimum Gasteiger partial charge on any atom is -0.481 e. The van der Waals surface area contributed by atoms with E-state index in [4.69, 9.17) is 15.3 Å². The van der Waals surface area contributed by atoms with Crippen LogP contribution in [0.5, 0.6) is 0 Å². The van der Waals surface area contributed by atoms with E-state index in [1.54, 1.807) is 0 Å². The Hall–Kier alpha value is -3.13. The quantitative estimate of drug-likeness (QED) is 0.200. The number of nitrogens with zero attached hydrogens (tertiary/aromatic N) is 3. The fraction of sp³-hybridized carbons (Fsp3) is 0.412. The fourth-order valence-electron chi connectivity index (χ4n) is 3.06. The van der Waals surface area contributed by atoms with E-state index < -0.39 is 41.6 Å². The number of hydrogen-bond donors (Lipinski definition) is 3. The van der Waals surface area contributed by atoms with Gasteiger partial charge in [-0.2, -0.15) is 0 Å². The number of esters is 1. The van der Waals surface area contributed by atoms with Gasteiger partial charge in [-0.15, -0.1) is 23.1 Å². The number of carbonyl (C=O) groups is 4. The molecule has 4 N–H and O–H groups in total. The second-order valence-electron chi connectivity index (χ2n) is 6.46. The van der Waals surface area contributed by atoms with Crippen molar-refractivity contribution in [2.45, 2.75) is 24.8 Å². The third kappa shape index (κ3) is 4.80. The zero-order chi connectivity index (χ0) is 22.7. The molecule has 1 fully saturated rings. The number of nitrogens with one attached hydrogen (secondary N) is 1. The van der Waals surface area contributed by atoms with Crippen LogP contribution in [0.15, 0.2) is 21.8 Å². The van der Waals surface area contributed by atoms with Gasteiger partial charge in [-0.1, -0.05) is 5.16 Å². The molecular formula is C17H19N5O7S2. The first kappa shape index (κ1) is 22.6. The molecule has 2 aliphatic heterocycles. The third-order valence-corrected chi connectivity index (χ3v) is 6.40. The second-order valence-corrected chi connectivity index (χ2v) is 8.45. The molecule has 0 saturated carbocycles. The number of amides is 2. The van der Waals surface area contributed by atoms with Gasteiger partial charge >= 0.3 is 11.9 Å². The van der Waals surface area contributed by atoms with Gasteiger partial charge < -0.3 is 25.7 Å². The smallest absolute Gasteiger partial charge is 0.309 e. The molecule has 1 aromatic rings. The predicted molar refractivity (Wildman–Crippen MR) is 111 cm³/mol. The first-order chi connectivity index (χ1) is 14.7. The number of carbonyl (C=O) groups excluding carboxylic acids is 3. The van der Waals surface area contributed by atoms with Gasteiger partial charge in [0, 0.05) is 23.8 Å². The topological polar surface area (TPSA) is 174 Å². The molecule has 31 heavy (non-hydrogen) atoms. The summed E-state index contributed by atoms with van der Waals surface area (Å²) < 4.78 is 4.98. The number of hydrogen-bond acceptors (Lipinski definition) is 11. The van der Waals surface area contributed by atoms with Gasteiger partial charge in [0.25, 0.3) is 11.8 Å². The number of nitrogens with two attached hydrogens (primary N) is 1. The number of oxime groups is 1. The number of anilines is 1. The summed E-state index contributed by atoms with van der Waals surface area (Å²) in [7, 11) is 1.27. The van der Waals surface area contributed by atoms with Crippen LogP contribution >= 0.6 is 23.1 Å². The summed E-state index contributed by atoms with van der Waals surface area (Å²) in [5.41, 5.74) is 6.48. The van der Waals surface area contributed by atoms with E-state index in [-0.39, 0.29) is 28.8 Å². The molecule has 12 nitrogen and oxygen atoms in total. The van der Waals surface area contributed by atoms with E-state index in [1.807, 2.05) is 0 Å². The summed E-state index contributed by atoms with van der Waals surface area (Å²) in [5, 5.41) is 16.8. The minimum absolute atomic E-state index is 0.103. The Labute approximate surface area is 184 Å². The van der Waals surface area contributed by atoms with Crippen molar-refractivity contribution in [3.05, 3.63) is 22.3 Å². The Morgan fingerprint density at radius 1 is 1.45 bits per heavy atom. The number of thioether (sulfide) groups is 1. The normalized spacial score (nSPS) is 20.6. The van der Waals surface area contributed by atoms with Gasteiger partial charge in [0.05, 0.1) is 6.42 Å². The SMILES string of the molecule is CO/N=C(\C(=O)N[C@@H]1C(=O)N2C(CC(=O)O)=C(COC(C)=O)CS[C@H]12)c1csc(N)n1. The highest BCUT2D eigenvalue weighted by Crippen LogP contribution is 2.41. The molecule has 2 atom stereocenters. The Bertz CT molecular complexity index is 989. The number of ether oxygens (including phenoxy) is 1. The zero-order valence-electron chi connectivity index (χ0n) is 16.5. The highest BCUT2D eigenvalue weighted by Gasteiger charge is 2.53. The summed E-state index contributed by atoms with van der Waals surface area (Å²) in [5.74, 6) is -2.45. The highest BCUT2D eigenvalue weighted by molar-refractivity contribution is 8.00. The van der Waals surface area contributed by atoms with E-state index in [1.165, 1.54) is 36.1 Å². The van der Waals surface area contributed by atoms with Gasteiger partial charge in [0.15, 0.2) is 10.8 Å². The van der Waals surface area contributed by atoms with Gasteiger partial charge in [0.2, 0.25) is 0 Å². The number of thiazole rings is 1. The van der Waals surface area contributed by atoms with Gasteiger partial charge in [-0.05, 0) is 5.57 Å². The molecule has 0 aliphatic carbocycles. The summed E-state index contributed by atoms with van der Waals surface area (Å²) in [6.45, 7) is 1.14. The maximum atomic E-state index is 12.8. The number of rotatable bonds is 8. The lowest BCUT2D eigenvalue weighted by Gasteiger charge is -2.50. The summed E-state index contributed by atoms with van der Waals surface area (Å²) in [4.78, 5) is 58.0. The van der Waals surface area contributed by atoms with Crippen LogP contribution < -0.4 is 11.1 Å². The molecule has 166 valence electrons. The van der Waals surface area contributed by atoms with Crippen LogP contribution in [0.4, 0.5) is 5.13 Å². The first-order valence-electron chi connectivity index (χ1n) is 8.87. The van der Waals surface area contributed by atoms with Crippen molar-refractivity contribution in [3.63, 3.8) is 0 Å². The standard InChI is InChI=1S/C17H19N5O7S2/c1-7(23)29-4-8-5-30-16-13(15(27)22(16)10(8)3-11(24)25)20-14(26)12(21-28-2)9-6-31-17(18)19-9/h6,13,16H,3-5H2,1-2H3,(H2,18,19)(H,20,26)(H,24,25)/b21-12-/t13-,16-/m1/s1. The Morgan fingerprint density at radius 2 is 2.19 bits per heavy atom. The molecule has 0 spiro atoms. The summed E-state index contributed by atoms with van der Waals surface area (Å²) in [6, 6.07) is -0.894. The van der Waals surface area contributed by atoms with Crippen molar-refractivity contribution in [3.8, 4) is 0 Å². The van der Waals surface area contributed by atoms with E-state index in [9.17, 15) is 24.3 Å².